The molecule has 0 aliphatic carbocycles. The Morgan fingerprint density at radius 3 is 2.71 bits per heavy atom. The van der Waals surface area contributed by atoms with E-state index in [4.69, 9.17) is 4.74 Å². The highest BCUT2D eigenvalue weighted by Gasteiger charge is 2.28. The summed E-state index contributed by atoms with van der Waals surface area (Å²) in [5.74, 6) is 1.25. The van der Waals surface area contributed by atoms with Crippen molar-refractivity contribution in [1.82, 2.24) is 4.90 Å². The number of hydrogen-bond acceptors (Lipinski definition) is 3. The molecule has 0 bridgehead atoms. The summed E-state index contributed by atoms with van der Waals surface area (Å²) < 4.78 is 5.13. The second-order valence-electron chi connectivity index (χ2n) is 5.71. The Hall–Kier alpha value is -1.55. The Labute approximate surface area is 126 Å². The lowest BCUT2D eigenvalue weighted by atomic mass is 9.92. The van der Waals surface area contributed by atoms with Crippen LogP contribution in [-0.4, -0.2) is 42.2 Å². The Bertz CT molecular complexity index is 458. The van der Waals surface area contributed by atoms with Crippen LogP contribution in [0.5, 0.6) is 5.75 Å². The van der Waals surface area contributed by atoms with Gasteiger partial charge < -0.3 is 14.7 Å². The molecule has 116 valence electrons. The van der Waals surface area contributed by atoms with Crippen molar-refractivity contribution in [1.29, 1.82) is 0 Å². The van der Waals surface area contributed by atoms with Gasteiger partial charge in [-0.3, -0.25) is 4.79 Å². The number of methoxy groups -OCH3 is 1. The Morgan fingerprint density at radius 1 is 1.38 bits per heavy atom. The number of aryl methyl sites for hydroxylation is 1. The first-order valence-corrected chi connectivity index (χ1v) is 7.72. The van der Waals surface area contributed by atoms with Gasteiger partial charge in [0.1, 0.15) is 5.75 Å². The molecule has 1 aromatic rings. The van der Waals surface area contributed by atoms with Gasteiger partial charge in [0.2, 0.25) is 5.91 Å². The summed E-state index contributed by atoms with van der Waals surface area (Å²) in [6, 6.07) is 7.84. The largest absolute Gasteiger partial charge is 0.497 e. The van der Waals surface area contributed by atoms with E-state index in [2.05, 4.69) is 6.92 Å². The molecule has 1 N–H and O–H groups in total. The molecule has 0 saturated carbocycles. The molecule has 1 heterocycles. The van der Waals surface area contributed by atoms with Crippen LogP contribution in [0.4, 0.5) is 0 Å². The molecule has 4 nitrogen and oxygen atoms in total. The number of piperidine rings is 1. The van der Waals surface area contributed by atoms with E-state index >= 15 is 0 Å². The van der Waals surface area contributed by atoms with E-state index in [1.54, 1.807) is 7.11 Å². The van der Waals surface area contributed by atoms with Crippen LogP contribution in [-0.2, 0) is 11.2 Å². The van der Waals surface area contributed by atoms with Gasteiger partial charge in [-0.25, -0.2) is 0 Å². The average Bonchev–Trinajstić information content (AvgIpc) is 2.53. The van der Waals surface area contributed by atoms with Gasteiger partial charge in [0.15, 0.2) is 0 Å². The van der Waals surface area contributed by atoms with Crippen molar-refractivity contribution in [2.45, 2.75) is 38.7 Å². The maximum Gasteiger partial charge on any atom is 0.222 e. The lowest BCUT2D eigenvalue weighted by Crippen LogP contribution is -2.45. The molecule has 2 rings (SSSR count). The fourth-order valence-electron chi connectivity index (χ4n) is 2.85. The number of aliphatic hydroxyl groups is 1. The molecule has 0 spiro atoms. The van der Waals surface area contributed by atoms with Crippen molar-refractivity contribution in [3.63, 3.8) is 0 Å². The van der Waals surface area contributed by atoms with Crippen LogP contribution in [0, 0.1) is 5.92 Å². The van der Waals surface area contributed by atoms with Crippen LogP contribution in [0.2, 0.25) is 0 Å². The van der Waals surface area contributed by atoms with Crippen molar-refractivity contribution in [3.05, 3.63) is 29.8 Å². The Morgan fingerprint density at radius 2 is 2.10 bits per heavy atom. The zero-order valence-electron chi connectivity index (χ0n) is 12.9. The number of rotatable bonds is 5. The van der Waals surface area contributed by atoms with E-state index in [0.29, 0.717) is 25.9 Å². The van der Waals surface area contributed by atoms with Crippen molar-refractivity contribution in [2.75, 3.05) is 20.2 Å². The predicted octanol–water partition coefficient (Wildman–Crippen LogP) is 2.25. The summed E-state index contributed by atoms with van der Waals surface area (Å²) >= 11 is 0. The van der Waals surface area contributed by atoms with E-state index in [9.17, 15) is 9.90 Å². The van der Waals surface area contributed by atoms with Gasteiger partial charge in [-0.2, -0.15) is 0 Å². The summed E-state index contributed by atoms with van der Waals surface area (Å²) in [6.07, 6.45) is 2.65. The van der Waals surface area contributed by atoms with E-state index in [1.807, 2.05) is 29.2 Å². The molecule has 4 heteroatoms. The number of hydrogen-bond donors (Lipinski definition) is 1. The smallest absolute Gasteiger partial charge is 0.222 e. The van der Waals surface area contributed by atoms with Crippen LogP contribution in [0.25, 0.3) is 0 Å². The van der Waals surface area contributed by atoms with Gasteiger partial charge >= 0.3 is 0 Å². The zero-order valence-corrected chi connectivity index (χ0v) is 12.9. The molecule has 1 aromatic carbocycles. The first kappa shape index (κ1) is 15.8. The van der Waals surface area contributed by atoms with Crippen molar-refractivity contribution >= 4 is 5.91 Å². The highest BCUT2D eigenvalue weighted by Crippen LogP contribution is 2.21. The molecular formula is C17H25NO3. The maximum absolute atomic E-state index is 12.3. The molecule has 2 atom stereocenters. The quantitative estimate of drug-likeness (QED) is 0.905. The number of benzene rings is 1. The van der Waals surface area contributed by atoms with E-state index in [-0.39, 0.29) is 17.9 Å². The third-order valence-electron chi connectivity index (χ3n) is 4.36. The topological polar surface area (TPSA) is 49.8 Å². The number of aliphatic hydroxyl groups excluding tert-OH is 1. The fourth-order valence-corrected chi connectivity index (χ4v) is 2.85. The summed E-state index contributed by atoms with van der Waals surface area (Å²) in [7, 11) is 1.65. The van der Waals surface area contributed by atoms with Crippen molar-refractivity contribution in [3.8, 4) is 5.75 Å². The van der Waals surface area contributed by atoms with Crippen LogP contribution < -0.4 is 4.74 Å². The minimum Gasteiger partial charge on any atom is -0.497 e. The second kappa shape index (κ2) is 7.46. The lowest BCUT2D eigenvalue weighted by molar-refractivity contribution is -0.135. The normalized spacial score (nSPS) is 22.1. The van der Waals surface area contributed by atoms with Crippen molar-refractivity contribution in [2.24, 2.45) is 5.92 Å². The summed E-state index contributed by atoms with van der Waals surface area (Å²) in [5.41, 5.74) is 1.15. The molecule has 1 aliphatic rings. The number of carbonyl (C=O) groups excluding carboxylic acids is 1. The molecule has 1 saturated heterocycles. The molecule has 0 radical (unpaired) electrons. The van der Waals surface area contributed by atoms with Gasteiger partial charge in [-0.05, 0) is 37.0 Å². The van der Waals surface area contributed by atoms with Crippen LogP contribution in [0.3, 0.4) is 0 Å². The molecule has 0 aromatic heterocycles. The molecule has 1 amide bonds. The van der Waals surface area contributed by atoms with Crippen LogP contribution >= 0.6 is 0 Å². The second-order valence-corrected chi connectivity index (χ2v) is 5.71. The lowest BCUT2D eigenvalue weighted by Gasteiger charge is -2.35. The first-order chi connectivity index (χ1) is 10.1. The van der Waals surface area contributed by atoms with Gasteiger partial charge in [0.05, 0.1) is 13.2 Å². The average molecular weight is 291 g/mol. The van der Waals surface area contributed by atoms with Gasteiger partial charge in [0.25, 0.3) is 0 Å². The van der Waals surface area contributed by atoms with E-state index in [0.717, 1.165) is 24.2 Å². The minimum absolute atomic E-state index is 0.191. The predicted molar refractivity (Wildman–Crippen MR) is 82.3 cm³/mol. The highest BCUT2D eigenvalue weighted by molar-refractivity contribution is 5.76. The maximum atomic E-state index is 12.3. The minimum atomic E-state index is -0.249. The zero-order chi connectivity index (χ0) is 15.2. The standard InChI is InChI=1S/C17H25NO3/c1-3-14-12-18(11-10-16(14)19)17(20)9-6-13-4-7-15(21-2)8-5-13/h4-5,7-8,14,16,19H,3,6,9-12H2,1-2H3. The van der Waals surface area contributed by atoms with Gasteiger partial charge in [-0.1, -0.05) is 19.1 Å². The Balaban J connectivity index is 1.83. The molecule has 21 heavy (non-hydrogen) atoms. The molecule has 1 fully saturated rings. The molecule has 2 unspecified atom stereocenters. The Kier molecular flexibility index (Phi) is 5.62. The summed E-state index contributed by atoms with van der Waals surface area (Å²) in [6.45, 7) is 3.44. The molecule has 1 aliphatic heterocycles. The third-order valence-corrected chi connectivity index (χ3v) is 4.36. The van der Waals surface area contributed by atoms with Gasteiger partial charge in [-0.15, -0.1) is 0 Å². The summed E-state index contributed by atoms with van der Waals surface area (Å²) in [5, 5.41) is 9.88. The number of nitrogens with zero attached hydrogens (tertiary/aromatic N) is 1. The van der Waals surface area contributed by atoms with Crippen LogP contribution in [0.1, 0.15) is 31.7 Å². The van der Waals surface area contributed by atoms with Gasteiger partial charge in [0, 0.05) is 25.4 Å². The van der Waals surface area contributed by atoms with E-state index in [1.165, 1.54) is 0 Å². The number of ether oxygens (including phenoxy) is 1. The number of carbonyl (C=O) groups is 1. The third kappa shape index (κ3) is 4.21. The monoisotopic (exact) mass is 291 g/mol. The van der Waals surface area contributed by atoms with Crippen LogP contribution in [0.15, 0.2) is 24.3 Å². The fraction of sp³-hybridized carbons (Fsp3) is 0.588. The SMILES string of the molecule is CCC1CN(C(=O)CCc2ccc(OC)cc2)CCC1O. The number of likely N-dealkylation sites (tertiary alicyclic amines) is 1. The molecular weight excluding hydrogens is 266 g/mol. The van der Waals surface area contributed by atoms with Crippen molar-refractivity contribution < 1.29 is 14.6 Å². The summed E-state index contributed by atoms with van der Waals surface area (Å²) in [4.78, 5) is 14.2. The first-order valence-electron chi connectivity index (χ1n) is 7.72. The number of amides is 1. The van der Waals surface area contributed by atoms with E-state index < -0.39 is 0 Å². The highest BCUT2D eigenvalue weighted by atomic mass is 16.5.